The molecule has 0 aliphatic carbocycles. The van der Waals surface area contributed by atoms with Crippen molar-refractivity contribution in [3.8, 4) is 0 Å². The topological polar surface area (TPSA) is 38.7 Å². The zero-order valence-electron chi connectivity index (χ0n) is 8.57. The molecule has 0 aromatic rings. The highest BCUT2D eigenvalue weighted by Gasteiger charge is 2.43. The van der Waals surface area contributed by atoms with E-state index in [-0.39, 0.29) is 12.7 Å². The van der Waals surface area contributed by atoms with Crippen LogP contribution in [0, 0.1) is 5.92 Å². The molecule has 0 saturated carbocycles. The predicted molar refractivity (Wildman–Crippen MR) is 56.4 cm³/mol. The summed E-state index contributed by atoms with van der Waals surface area (Å²) >= 11 is 2.00. The summed E-state index contributed by atoms with van der Waals surface area (Å²) in [6.07, 6.45) is 2.22. The summed E-state index contributed by atoms with van der Waals surface area (Å²) in [5.41, 5.74) is 0. The molecule has 0 aromatic heterocycles. The van der Waals surface area contributed by atoms with Crippen LogP contribution in [0.15, 0.2) is 0 Å². The van der Waals surface area contributed by atoms with Gasteiger partial charge in [-0.25, -0.2) is 0 Å². The maximum absolute atomic E-state index is 8.99. The third kappa shape index (κ3) is 2.08. The highest BCUT2D eigenvalue weighted by atomic mass is 32.2. The van der Waals surface area contributed by atoms with Crippen molar-refractivity contribution >= 4 is 11.8 Å². The van der Waals surface area contributed by atoms with Crippen LogP contribution >= 0.6 is 11.8 Å². The third-order valence-corrected chi connectivity index (χ3v) is 4.17. The first-order valence-electron chi connectivity index (χ1n) is 5.25. The molecule has 0 amide bonds. The van der Waals surface area contributed by atoms with Gasteiger partial charge in [-0.05, 0) is 31.3 Å². The third-order valence-electron chi connectivity index (χ3n) is 3.12. The van der Waals surface area contributed by atoms with Crippen molar-refractivity contribution in [3.63, 3.8) is 0 Å². The molecule has 0 aromatic carbocycles. The van der Waals surface area contributed by atoms with E-state index in [9.17, 15) is 0 Å². The van der Waals surface area contributed by atoms with Crippen LogP contribution in [0.1, 0.15) is 19.8 Å². The average Bonchev–Trinajstić information content (AvgIpc) is 2.63. The lowest BCUT2D eigenvalue weighted by Gasteiger charge is -2.35. The first-order valence-corrected chi connectivity index (χ1v) is 6.40. The van der Waals surface area contributed by atoms with Gasteiger partial charge in [-0.1, -0.05) is 0 Å². The minimum atomic E-state index is -0.436. The quantitative estimate of drug-likeness (QED) is 0.757. The second kappa shape index (κ2) is 4.39. The van der Waals surface area contributed by atoms with Crippen molar-refractivity contribution in [3.05, 3.63) is 0 Å². The highest BCUT2D eigenvalue weighted by Crippen LogP contribution is 2.38. The average molecular weight is 218 g/mol. The molecule has 4 heteroatoms. The summed E-state index contributed by atoms with van der Waals surface area (Å²) in [7, 11) is 0. The van der Waals surface area contributed by atoms with Gasteiger partial charge >= 0.3 is 0 Å². The molecule has 2 saturated heterocycles. The van der Waals surface area contributed by atoms with Gasteiger partial charge in [-0.3, -0.25) is 0 Å². The fraction of sp³-hybridized carbons (Fsp3) is 1.00. The molecule has 2 fully saturated rings. The maximum atomic E-state index is 8.99. The van der Waals surface area contributed by atoms with E-state index < -0.39 is 5.79 Å². The van der Waals surface area contributed by atoms with Gasteiger partial charge in [0.25, 0.3) is 0 Å². The standard InChI is InChI=1S/C10H18O3S/c1-10(8-2-4-14-5-3-8)12-7-9(6-11)13-10/h8-9,11H,2-7H2,1H3. The Hall–Kier alpha value is 0.230. The van der Waals surface area contributed by atoms with Crippen LogP contribution in [0.5, 0.6) is 0 Å². The lowest BCUT2D eigenvalue weighted by atomic mass is 9.94. The molecular formula is C10H18O3S. The molecule has 0 bridgehead atoms. The lowest BCUT2D eigenvalue weighted by Crippen LogP contribution is -2.38. The van der Waals surface area contributed by atoms with Crippen LogP contribution < -0.4 is 0 Å². The first kappa shape index (κ1) is 10.7. The van der Waals surface area contributed by atoms with Gasteiger partial charge in [0.2, 0.25) is 0 Å². The highest BCUT2D eigenvalue weighted by molar-refractivity contribution is 7.99. The Balaban J connectivity index is 1.94. The Morgan fingerprint density at radius 1 is 1.43 bits per heavy atom. The Bertz CT molecular complexity index is 194. The molecule has 82 valence electrons. The Morgan fingerprint density at radius 3 is 2.71 bits per heavy atom. The van der Waals surface area contributed by atoms with Gasteiger partial charge in [-0.2, -0.15) is 11.8 Å². The second-order valence-corrected chi connectivity index (χ2v) is 5.36. The van der Waals surface area contributed by atoms with Crippen molar-refractivity contribution in [2.45, 2.75) is 31.7 Å². The number of aliphatic hydroxyl groups is 1. The van der Waals surface area contributed by atoms with Gasteiger partial charge < -0.3 is 14.6 Å². The summed E-state index contributed by atoms with van der Waals surface area (Å²) in [6.45, 7) is 2.62. The van der Waals surface area contributed by atoms with E-state index in [1.54, 1.807) is 0 Å². The van der Waals surface area contributed by atoms with E-state index in [0.29, 0.717) is 12.5 Å². The van der Waals surface area contributed by atoms with Crippen LogP contribution in [-0.2, 0) is 9.47 Å². The van der Waals surface area contributed by atoms with E-state index in [1.165, 1.54) is 24.3 Å². The number of hydrogen-bond donors (Lipinski definition) is 1. The van der Waals surface area contributed by atoms with E-state index in [4.69, 9.17) is 14.6 Å². The molecule has 0 spiro atoms. The zero-order chi connectivity index (χ0) is 10.0. The van der Waals surface area contributed by atoms with Gasteiger partial charge in [0, 0.05) is 5.92 Å². The van der Waals surface area contributed by atoms with Gasteiger partial charge in [0.15, 0.2) is 5.79 Å². The molecule has 14 heavy (non-hydrogen) atoms. The molecular weight excluding hydrogens is 200 g/mol. The normalized spacial score (nSPS) is 40.3. The zero-order valence-corrected chi connectivity index (χ0v) is 9.39. The minimum Gasteiger partial charge on any atom is -0.394 e. The largest absolute Gasteiger partial charge is 0.394 e. The fourth-order valence-electron chi connectivity index (χ4n) is 2.18. The van der Waals surface area contributed by atoms with Crippen LogP contribution in [0.4, 0.5) is 0 Å². The second-order valence-electron chi connectivity index (χ2n) is 4.14. The molecule has 2 rings (SSSR count). The first-order chi connectivity index (χ1) is 6.74. The van der Waals surface area contributed by atoms with Crippen LogP contribution in [-0.4, -0.2) is 41.7 Å². The Kier molecular flexibility index (Phi) is 3.37. The van der Waals surface area contributed by atoms with E-state index in [1.807, 2.05) is 18.7 Å². The van der Waals surface area contributed by atoms with Gasteiger partial charge in [-0.15, -0.1) is 0 Å². The molecule has 0 radical (unpaired) electrons. The number of aliphatic hydroxyl groups excluding tert-OH is 1. The van der Waals surface area contributed by atoms with E-state index in [2.05, 4.69) is 0 Å². The van der Waals surface area contributed by atoms with Crippen molar-refractivity contribution in [1.29, 1.82) is 0 Å². The number of thioether (sulfide) groups is 1. The van der Waals surface area contributed by atoms with Crippen molar-refractivity contribution in [1.82, 2.24) is 0 Å². The molecule has 2 aliphatic heterocycles. The Labute approximate surface area is 89.2 Å². The molecule has 2 unspecified atom stereocenters. The summed E-state index contributed by atoms with van der Waals surface area (Å²) in [6, 6.07) is 0. The lowest BCUT2D eigenvalue weighted by molar-refractivity contribution is -0.195. The molecule has 2 atom stereocenters. The Morgan fingerprint density at radius 2 is 2.14 bits per heavy atom. The van der Waals surface area contributed by atoms with Crippen LogP contribution in [0.25, 0.3) is 0 Å². The SMILES string of the molecule is CC1(C2CCSCC2)OCC(CO)O1. The maximum Gasteiger partial charge on any atom is 0.169 e. The molecule has 3 nitrogen and oxygen atoms in total. The van der Waals surface area contributed by atoms with Crippen LogP contribution in [0.2, 0.25) is 0 Å². The number of rotatable bonds is 2. The van der Waals surface area contributed by atoms with Crippen molar-refractivity contribution < 1.29 is 14.6 Å². The van der Waals surface area contributed by atoms with Gasteiger partial charge in [0.05, 0.1) is 13.2 Å². The monoisotopic (exact) mass is 218 g/mol. The van der Waals surface area contributed by atoms with E-state index in [0.717, 1.165) is 0 Å². The summed E-state index contributed by atoms with van der Waals surface area (Å²) in [5.74, 6) is 2.47. The number of hydrogen-bond acceptors (Lipinski definition) is 4. The van der Waals surface area contributed by atoms with Crippen molar-refractivity contribution in [2.24, 2.45) is 5.92 Å². The summed E-state index contributed by atoms with van der Waals surface area (Å²) < 4.78 is 11.4. The molecule has 2 heterocycles. The summed E-state index contributed by atoms with van der Waals surface area (Å²) in [4.78, 5) is 0. The fourth-order valence-corrected chi connectivity index (χ4v) is 3.29. The van der Waals surface area contributed by atoms with Crippen LogP contribution in [0.3, 0.4) is 0 Å². The minimum absolute atomic E-state index is 0.0665. The number of ether oxygens (including phenoxy) is 2. The van der Waals surface area contributed by atoms with Gasteiger partial charge in [0.1, 0.15) is 6.10 Å². The summed E-state index contributed by atoms with van der Waals surface area (Å²) in [5, 5.41) is 8.99. The van der Waals surface area contributed by atoms with E-state index >= 15 is 0 Å². The predicted octanol–water partition coefficient (Wildman–Crippen LogP) is 1.25. The van der Waals surface area contributed by atoms with Crippen molar-refractivity contribution in [2.75, 3.05) is 24.7 Å². The molecule has 2 aliphatic rings. The molecule has 1 N–H and O–H groups in total. The smallest absolute Gasteiger partial charge is 0.169 e.